The van der Waals surface area contributed by atoms with E-state index in [1.54, 1.807) is 6.92 Å². The maximum absolute atomic E-state index is 9.35. The largest absolute Gasteiger partial charge is 0.502 e. The smallest absolute Gasteiger partial charge is 0.0961 e. The lowest BCUT2D eigenvalue weighted by atomic mass is 10.0. The first-order valence-corrected chi connectivity index (χ1v) is 3.51. The third-order valence-electron chi connectivity index (χ3n) is 1.13. The van der Waals surface area contributed by atoms with Crippen LogP contribution in [0.1, 0.15) is 20.3 Å². The molecule has 3 nitrogen and oxygen atoms in total. The summed E-state index contributed by atoms with van der Waals surface area (Å²) in [6.45, 7) is 3.98. The van der Waals surface area contributed by atoms with Gasteiger partial charge in [-0.05, 0) is 19.9 Å². The topological polar surface area (TPSA) is 53.2 Å². The van der Waals surface area contributed by atoms with Crippen LogP contribution in [0.4, 0.5) is 0 Å². The van der Waals surface area contributed by atoms with Crippen molar-refractivity contribution < 1.29 is 9.84 Å². The van der Waals surface area contributed by atoms with Crippen LogP contribution >= 0.6 is 0 Å². The third-order valence-corrected chi connectivity index (χ3v) is 1.13. The van der Waals surface area contributed by atoms with Crippen LogP contribution in [0.15, 0.2) is 12.3 Å². The highest BCUT2D eigenvalue weighted by Crippen LogP contribution is 2.09. The third kappa shape index (κ3) is 5.43. The van der Waals surface area contributed by atoms with Gasteiger partial charge < -0.3 is 9.84 Å². The molecule has 0 aromatic carbocycles. The standard InChI is InChI=1S/C8H13NO2/c1-3-11-7-5-8(2,10)4-6-9/h5,7,10H,3-4H2,1-2H3/b7-5+. The fourth-order valence-electron chi connectivity index (χ4n) is 0.510. The number of ether oxygens (including phenoxy) is 1. The molecule has 0 heterocycles. The van der Waals surface area contributed by atoms with E-state index in [9.17, 15) is 5.11 Å². The summed E-state index contributed by atoms with van der Waals surface area (Å²) in [5, 5.41) is 17.6. The molecule has 3 heteroatoms. The molecule has 1 atom stereocenters. The lowest BCUT2D eigenvalue weighted by Gasteiger charge is -2.13. The second-order valence-electron chi connectivity index (χ2n) is 2.45. The molecule has 0 spiro atoms. The maximum Gasteiger partial charge on any atom is 0.0961 e. The Labute approximate surface area is 66.9 Å². The summed E-state index contributed by atoms with van der Waals surface area (Å²) < 4.78 is 4.87. The highest BCUT2D eigenvalue weighted by atomic mass is 16.5. The van der Waals surface area contributed by atoms with E-state index in [1.807, 2.05) is 13.0 Å². The summed E-state index contributed by atoms with van der Waals surface area (Å²) in [6.07, 6.45) is 2.97. The highest BCUT2D eigenvalue weighted by molar-refractivity contribution is 5.00. The summed E-state index contributed by atoms with van der Waals surface area (Å²) in [6, 6.07) is 1.88. The van der Waals surface area contributed by atoms with E-state index >= 15 is 0 Å². The minimum Gasteiger partial charge on any atom is -0.502 e. The van der Waals surface area contributed by atoms with Gasteiger partial charge in [0.05, 0.1) is 31.0 Å². The van der Waals surface area contributed by atoms with Crippen molar-refractivity contribution in [1.29, 1.82) is 5.26 Å². The van der Waals surface area contributed by atoms with Crippen molar-refractivity contribution in [3.8, 4) is 6.07 Å². The van der Waals surface area contributed by atoms with E-state index in [-0.39, 0.29) is 6.42 Å². The SMILES string of the molecule is CCO/C=C/C(C)(O)CC#N. The molecule has 0 saturated heterocycles. The predicted molar refractivity (Wildman–Crippen MR) is 41.6 cm³/mol. The number of hydrogen-bond acceptors (Lipinski definition) is 3. The van der Waals surface area contributed by atoms with Crippen LogP contribution in [-0.4, -0.2) is 17.3 Å². The summed E-state index contributed by atoms with van der Waals surface area (Å²) >= 11 is 0. The fraction of sp³-hybridized carbons (Fsp3) is 0.625. The van der Waals surface area contributed by atoms with Gasteiger partial charge in [0.15, 0.2) is 0 Å². The molecule has 0 aliphatic rings. The molecule has 0 aromatic rings. The van der Waals surface area contributed by atoms with Crippen molar-refractivity contribution in [1.82, 2.24) is 0 Å². The van der Waals surface area contributed by atoms with E-state index < -0.39 is 5.60 Å². The molecular weight excluding hydrogens is 142 g/mol. The van der Waals surface area contributed by atoms with Gasteiger partial charge in [-0.3, -0.25) is 0 Å². The van der Waals surface area contributed by atoms with Gasteiger partial charge in [-0.2, -0.15) is 5.26 Å². The summed E-state index contributed by atoms with van der Waals surface area (Å²) in [5.74, 6) is 0. The average molecular weight is 155 g/mol. The molecule has 1 unspecified atom stereocenters. The molecule has 62 valence electrons. The molecule has 11 heavy (non-hydrogen) atoms. The normalized spacial score (nSPS) is 15.8. The zero-order chi connectivity index (χ0) is 8.74. The second kappa shape index (κ2) is 4.75. The lowest BCUT2D eigenvalue weighted by molar-refractivity contribution is 0.112. The Balaban J connectivity index is 3.81. The van der Waals surface area contributed by atoms with Crippen molar-refractivity contribution in [2.45, 2.75) is 25.9 Å². The molecule has 0 fully saturated rings. The maximum atomic E-state index is 9.35. The Morgan fingerprint density at radius 3 is 2.82 bits per heavy atom. The van der Waals surface area contributed by atoms with E-state index in [0.29, 0.717) is 6.61 Å². The van der Waals surface area contributed by atoms with Crippen LogP contribution in [-0.2, 0) is 4.74 Å². The Morgan fingerprint density at radius 2 is 2.36 bits per heavy atom. The van der Waals surface area contributed by atoms with Gasteiger partial charge in [-0.15, -0.1) is 0 Å². The van der Waals surface area contributed by atoms with Crippen molar-refractivity contribution in [2.24, 2.45) is 0 Å². The van der Waals surface area contributed by atoms with Crippen molar-refractivity contribution >= 4 is 0 Å². The van der Waals surface area contributed by atoms with Crippen molar-refractivity contribution in [3.63, 3.8) is 0 Å². The molecule has 0 saturated carbocycles. The summed E-state index contributed by atoms with van der Waals surface area (Å²) in [4.78, 5) is 0. The predicted octanol–water partition coefficient (Wildman–Crippen LogP) is 1.20. The number of nitriles is 1. The Hall–Kier alpha value is -1.01. The van der Waals surface area contributed by atoms with Crippen molar-refractivity contribution in [3.05, 3.63) is 12.3 Å². The molecule has 0 radical (unpaired) electrons. The molecule has 1 N–H and O–H groups in total. The zero-order valence-corrected chi connectivity index (χ0v) is 6.87. The molecular formula is C8H13NO2. The number of nitrogens with zero attached hydrogens (tertiary/aromatic N) is 1. The molecule has 0 rings (SSSR count). The van der Waals surface area contributed by atoms with Crippen LogP contribution in [0.5, 0.6) is 0 Å². The Bertz CT molecular complexity index is 167. The van der Waals surface area contributed by atoms with E-state index in [0.717, 1.165) is 0 Å². The first-order valence-electron chi connectivity index (χ1n) is 3.51. The quantitative estimate of drug-likeness (QED) is 0.620. The monoisotopic (exact) mass is 155 g/mol. The van der Waals surface area contributed by atoms with Gasteiger partial charge in [-0.25, -0.2) is 0 Å². The number of rotatable bonds is 4. The van der Waals surface area contributed by atoms with E-state index in [4.69, 9.17) is 10.00 Å². The Morgan fingerprint density at radius 1 is 1.73 bits per heavy atom. The zero-order valence-electron chi connectivity index (χ0n) is 6.87. The summed E-state index contributed by atoms with van der Waals surface area (Å²) in [7, 11) is 0. The number of aliphatic hydroxyl groups is 1. The lowest BCUT2D eigenvalue weighted by Crippen LogP contribution is -2.19. The van der Waals surface area contributed by atoms with Crippen LogP contribution in [0.25, 0.3) is 0 Å². The van der Waals surface area contributed by atoms with Crippen LogP contribution in [0.2, 0.25) is 0 Å². The Kier molecular flexibility index (Phi) is 4.32. The van der Waals surface area contributed by atoms with Gasteiger partial charge in [0.25, 0.3) is 0 Å². The van der Waals surface area contributed by atoms with E-state index in [1.165, 1.54) is 12.3 Å². The minimum absolute atomic E-state index is 0.0799. The van der Waals surface area contributed by atoms with Crippen LogP contribution < -0.4 is 0 Å². The second-order valence-corrected chi connectivity index (χ2v) is 2.45. The van der Waals surface area contributed by atoms with E-state index in [2.05, 4.69) is 0 Å². The van der Waals surface area contributed by atoms with Crippen molar-refractivity contribution in [2.75, 3.05) is 6.61 Å². The summed E-state index contributed by atoms with van der Waals surface area (Å²) in [5.41, 5.74) is -1.07. The van der Waals surface area contributed by atoms with Gasteiger partial charge in [0, 0.05) is 0 Å². The van der Waals surface area contributed by atoms with Gasteiger partial charge in [0.1, 0.15) is 0 Å². The van der Waals surface area contributed by atoms with Crippen LogP contribution in [0, 0.1) is 11.3 Å². The van der Waals surface area contributed by atoms with Gasteiger partial charge in [0.2, 0.25) is 0 Å². The minimum atomic E-state index is -1.07. The van der Waals surface area contributed by atoms with Gasteiger partial charge in [-0.1, -0.05) is 0 Å². The number of hydrogen-bond donors (Lipinski definition) is 1. The fourth-order valence-corrected chi connectivity index (χ4v) is 0.510. The highest BCUT2D eigenvalue weighted by Gasteiger charge is 2.14. The first-order chi connectivity index (χ1) is 5.12. The molecule has 0 aliphatic heterocycles. The van der Waals surface area contributed by atoms with Crippen LogP contribution in [0.3, 0.4) is 0 Å². The molecule has 0 aliphatic carbocycles. The molecule has 0 amide bonds. The average Bonchev–Trinajstić information content (AvgIpc) is 1.87. The van der Waals surface area contributed by atoms with Gasteiger partial charge >= 0.3 is 0 Å². The first kappa shape index (κ1) is 9.99. The molecule has 0 aromatic heterocycles. The molecule has 0 bridgehead atoms.